The second-order valence-electron chi connectivity index (χ2n) is 3.39. The van der Waals surface area contributed by atoms with Gasteiger partial charge in [-0.15, -0.1) is 0 Å². The Bertz CT molecular complexity index is 307. The van der Waals surface area contributed by atoms with Crippen molar-refractivity contribution in [1.29, 1.82) is 0 Å². The highest BCUT2D eigenvalue weighted by Crippen LogP contribution is 2.13. The van der Waals surface area contributed by atoms with E-state index in [1.165, 1.54) is 0 Å². The third kappa shape index (κ3) is 2.34. The molecule has 0 radical (unpaired) electrons. The molecule has 1 aromatic heterocycles. The van der Waals surface area contributed by atoms with Crippen LogP contribution in [0.3, 0.4) is 0 Å². The van der Waals surface area contributed by atoms with E-state index in [1.807, 2.05) is 10.8 Å². The summed E-state index contributed by atoms with van der Waals surface area (Å²) < 4.78 is 1.92. The zero-order valence-electron chi connectivity index (χ0n) is 8.60. The number of carboxylic acid groups (broad SMARTS) is 1. The van der Waals surface area contributed by atoms with Gasteiger partial charge in [-0.1, -0.05) is 13.3 Å². The van der Waals surface area contributed by atoms with E-state index >= 15 is 0 Å². The Kier molecular flexibility index (Phi) is 3.68. The molecule has 0 aliphatic heterocycles. The lowest BCUT2D eigenvalue weighted by atomic mass is 10.1. The first kappa shape index (κ1) is 10.8. The SMILES string of the molecule is CCCCn1ccnc1C(C)C(=O)O. The van der Waals surface area contributed by atoms with Gasteiger partial charge in [-0.25, -0.2) is 4.98 Å². The molecule has 1 N–H and O–H groups in total. The van der Waals surface area contributed by atoms with E-state index in [4.69, 9.17) is 5.11 Å². The zero-order chi connectivity index (χ0) is 10.6. The highest BCUT2D eigenvalue weighted by molar-refractivity contribution is 5.74. The Hall–Kier alpha value is -1.32. The normalized spacial score (nSPS) is 12.7. The fourth-order valence-corrected chi connectivity index (χ4v) is 1.33. The Morgan fingerprint density at radius 1 is 1.71 bits per heavy atom. The molecule has 1 atom stereocenters. The molecule has 0 saturated carbocycles. The van der Waals surface area contributed by atoms with Crippen LogP contribution in [0.15, 0.2) is 12.4 Å². The first-order valence-corrected chi connectivity index (χ1v) is 4.90. The van der Waals surface area contributed by atoms with Crippen LogP contribution in [-0.4, -0.2) is 20.6 Å². The quantitative estimate of drug-likeness (QED) is 0.782. The molecule has 1 rings (SSSR count). The average molecular weight is 196 g/mol. The van der Waals surface area contributed by atoms with Gasteiger partial charge < -0.3 is 9.67 Å². The van der Waals surface area contributed by atoms with E-state index in [9.17, 15) is 4.79 Å². The van der Waals surface area contributed by atoms with Crippen LogP contribution in [0.4, 0.5) is 0 Å². The minimum absolute atomic E-state index is 0.526. The fraction of sp³-hybridized carbons (Fsp3) is 0.600. The molecule has 0 amide bonds. The third-order valence-electron chi connectivity index (χ3n) is 2.26. The van der Waals surface area contributed by atoms with Gasteiger partial charge in [0.1, 0.15) is 11.7 Å². The van der Waals surface area contributed by atoms with Gasteiger partial charge in [0.15, 0.2) is 0 Å². The molecule has 0 aromatic carbocycles. The molecule has 14 heavy (non-hydrogen) atoms. The highest BCUT2D eigenvalue weighted by atomic mass is 16.4. The number of nitrogens with zero attached hydrogens (tertiary/aromatic N) is 2. The molecule has 0 aliphatic carbocycles. The van der Waals surface area contributed by atoms with Crippen molar-refractivity contribution in [3.63, 3.8) is 0 Å². The van der Waals surface area contributed by atoms with Crippen LogP contribution in [0.2, 0.25) is 0 Å². The third-order valence-corrected chi connectivity index (χ3v) is 2.26. The van der Waals surface area contributed by atoms with Gasteiger partial charge in [-0.05, 0) is 13.3 Å². The number of aryl methyl sites for hydroxylation is 1. The number of aromatic nitrogens is 2. The van der Waals surface area contributed by atoms with Crippen LogP contribution in [0, 0.1) is 0 Å². The molecule has 78 valence electrons. The predicted octanol–water partition coefficient (Wildman–Crippen LogP) is 1.87. The molecular weight excluding hydrogens is 180 g/mol. The monoisotopic (exact) mass is 196 g/mol. The van der Waals surface area contributed by atoms with Crippen LogP contribution in [0.1, 0.15) is 38.4 Å². The average Bonchev–Trinajstić information content (AvgIpc) is 2.61. The molecule has 1 aromatic rings. The highest BCUT2D eigenvalue weighted by Gasteiger charge is 2.18. The summed E-state index contributed by atoms with van der Waals surface area (Å²) in [5.74, 6) is -0.707. The molecule has 1 heterocycles. The molecule has 4 nitrogen and oxygen atoms in total. The topological polar surface area (TPSA) is 55.1 Å². The lowest BCUT2D eigenvalue weighted by Crippen LogP contribution is -2.14. The van der Waals surface area contributed by atoms with E-state index in [-0.39, 0.29) is 0 Å². The molecule has 1 unspecified atom stereocenters. The van der Waals surface area contributed by atoms with E-state index in [0.717, 1.165) is 19.4 Å². The molecule has 0 saturated heterocycles. The van der Waals surface area contributed by atoms with Crippen molar-refractivity contribution in [1.82, 2.24) is 9.55 Å². The van der Waals surface area contributed by atoms with E-state index in [2.05, 4.69) is 11.9 Å². The molecule has 0 fully saturated rings. The van der Waals surface area contributed by atoms with E-state index in [1.54, 1.807) is 13.1 Å². The van der Waals surface area contributed by atoms with Crippen LogP contribution in [0.5, 0.6) is 0 Å². The Morgan fingerprint density at radius 3 is 3.00 bits per heavy atom. The lowest BCUT2D eigenvalue weighted by molar-refractivity contribution is -0.138. The molecule has 0 spiro atoms. The summed E-state index contributed by atoms with van der Waals surface area (Å²) in [6.07, 6.45) is 5.64. The zero-order valence-corrected chi connectivity index (χ0v) is 8.60. The van der Waals surface area contributed by atoms with Crippen LogP contribution in [0.25, 0.3) is 0 Å². The lowest BCUT2D eigenvalue weighted by Gasteiger charge is -2.09. The second-order valence-corrected chi connectivity index (χ2v) is 3.39. The first-order chi connectivity index (χ1) is 6.66. The van der Waals surface area contributed by atoms with Crippen molar-refractivity contribution in [2.75, 3.05) is 0 Å². The van der Waals surface area contributed by atoms with E-state index in [0.29, 0.717) is 5.82 Å². The van der Waals surface area contributed by atoms with Gasteiger partial charge >= 0.3 is 5.97 Å². The number of unbranched alkanes of at least 4 members (excludes halogenated alkanes) is 1. The number of carboxylic acids is 1. The molecular formula is C10H16N2O2. The Morgan fingerprint density at radius 2 is 2.43 bits per heavy atom. The largest absolute Gasteiger partial charge is 0.481 e. The number of imidazole rings is 1. The number of aliphatic carboxylic acids is 1. The van der Waals surface area contributed by atoms with Gasteiger partial charge in [-0.3, -0.25) is 4.79 Å². The van der Waals surface area contributed by atoms with Gasteiger partial charge in [0.2, 0.25) is 0 Å². The van der Waals surface area contributed by atoms with E-state index < -0.39 is 11.9 Å². The van der Waals surface area contributed by atoms with Crippen molar-refractivity contribution in [2.24, 2.45) is 0 Å². The summed E-state index contributed by atoms with van der Waals surface area (Å²) >= 11 is 0. The van der Waals surface area contributed by atoms with Gasteiger partial charge in [0.25, 0.3) is 0 Å². The van der Waals surface area contributed by atoms with Crippen molar-refractivity contribution < 1.29 is 9.90 Å². The van der Waals surface area contributed by atoms with Gasteiger partial charge in [0, 0.05) is 18.9 Å². The number of carbonyl (C=O) groups is 1. The molecule has 0 bridgehead atoms. The van der Waals surface area contributed by atoms with Gasteiger partial charge in [-0.2, -0.15) is 0 Å². The number of hydrogen-bond donors (Lipinski definition) is 1. The summed E-state index contributed by atoms with van der Waals surface area (Å²) in [5.41, 5.74) is 0. The fourth-order valence-electron chi connectivity index (χ4n) is 1.33. The minimum atomic E-state index is -0.825. The summed E-state index contributed by atoms with van der Waals surface area (Å²) in [4.78, 5) is 14.8. The van der Waals surface area contributed by atoms with Crippen LogP contribution in [-0.2, 0) is 11.3 Å². The summed E-state index contributed by atoms with van der Waals surface area (Å²) in [5, 5.41) is 8.85. The Balaban J connectivity index is 2.76. The number of rotatable bonds is 5. The number of hydrogen-bond acceptors (Lipinski definition) is 2. The van der Waals surface area contributed by atoms with Crippen molar-refractivity contribution in [3.8, 4) is 0 Å². The molecule has 4 heteroatoms. The summed E-state index contributed by atoms with van der Waals surface area (Å²) in [7, 11) is 0. The van der Waals surface area contributed by atoms with Crippen LogP contribution < -0.4 is 0 Å². The maximum absolute atomic E-state index is 10.8. The first-order valence-electron chi connectivity index (χ1n) is 4.90. The van der Waals surface area contributed by atoms with Crippen molar-refractivity contribution in [2.45, 2.75) is 39.2 Å². The maximum atomic E-state index is 10.8. The van der Waals surface area contributed by atoms with Gasteiger partial charge in [0.05, 0.1) is 0 Å². The summed E-state index contributed by atoms with van der Waals surface area (Å²) in [6, 6.07) is 0. The molecule has 0 aliphatic rings. The second kappa shape index (κ2) is 4.79. The summed E-state index contributed by atoms with van der Waals surface area (Å²) in [6.45, 7) is 4.62. The standard InChI is InChI=1S/C10H16N2O2/c1-3-4-6-12-7-5-11-9(12)8(2)10(13)14/h5,7-8H,3-4,6H2,1-2H3,(H,13,14). The van der Waals surface area contributed by atoms with Crippen molar-refractivity contribution >= 4 is 5.97 Å². The Labute approximate surface area is 83.6 Å². The van der Waals surface area contributed by atoms with Crippen LogP contribution >= 0.6 is 0 Å². The van der Waals surface area contributed by atoms with Crippen molar-refractivity contribution in [3.05, 3.63) is 18.2 Å². The maximum Gasteiger partial charge on any atom is 0.313 e. The minimum Gasteiger partial charge on any atom is -0.481 e. The predicted molar refractivity (Wildman–Crippen MR) is 53.2 cm³/mol. The smallest absolute Gasteiger partial charge is 0.313 e.